The lowest BCUT2D eigenvalue weighted by Gasteiger charge is -2.16. The fourth-order valence-corrected chi connectivity index (χ4v) is 1.95. The third kappa shape index (κ3) is 1.76. The lowest BCUT2D eigenvalue weighted by Crippen LogP contribution is -2.21. The van der Waals surface area contributed by atoms with Gasteiger partial charge in [0.1, 0.15) is 11.8 Å². The van der Waals surface area contributed by atoms with Crippen molar-refractivity contribution >= 4 is 0 Å². The predicted molar refractivity (Wildman–Crippen MR) is 62.2 cm³/mol. The maximum Gasteiger partial charge on any atom is 0.129 e. The quantitative estimate of drug-likeness (QED) is 0.856. The molecular weight excluding hydrogens is 202 g/mol. The molecule has 86 valence electrons. The van der Waals surface area contributed by atoms with E-state index in [2.05, 4.69) is 24.3 Å². The third-order valence-corrected chi connectivity index (χ3v) is 2.80. The lowest BCUT2D eigenvalue weighted by atomic mass is 10.1. The molecule has 0 spiro atoms. The average molecular weight is 219 g/mol. The van der Waals surface area contributed by atoms with Gasteiger partial charge in [-0.2, -0.15) is 5.10 Å². The summed E-state index contributed by atoms with van der Waals surface area (Å²) >= 11 is 0. The summed E-state index contributed by atoms with van der Waals surface area (Å²) < 4.78 is 7.51. The van der Waals surface area contributed by atoms with Crippen LogP contribution in [-0.2, 0) is 6.54 Å². The number of nitrogens with zero attached hydrogens (tertiary/aromatic N) is 2. The first kappa shape index (κ1) is 11.0. The smallest absolute Gasteiger partial charge is 0.129 e. The number of furan rings is 1. The van der Waals surface area contributed by atoms with Crippen LogP contribution in [0.3, 0.4) is 0 Å². The van der Waals surface area contributed by atoms with Gasteiger partial charge >= 0.3 is 0 Å². The normalized spacial score (nSPS) is 12.9. The molecule has 0 fully saturated rings. The second kappa shape index (κ2) is 4.53. The summed E-state index contributed by atoms with van der Waals surface area (Å²) in [5.74, 6) is 0.956. The highest BCUT2D eigenvalue weighted by atomic mass is 16.3. The van der Waals surface area contributed by atoms with Gasteiger partial charge in [0.25, 0.3) is 0 Å². The molecule has 0 radical (unpaired) electrons. The number of hydrogen-bond donors (Lipinski definition) is 1. The van der Waals surface area contributed by atoms with Crippen molar-refractivity contribution < 1.29 is 4.42 Å². The predicted octanol–water partition coefficient (Wildman–Crippen LogP) is 2.11. The molecule has 1 N–H and O–H groups in total. The fourth-order valence-electron chi connectivity index (χ4n) is 1.95. The van der Waals surface area contributed by atoms with E-state index < -0.39 is 0 Å². The Morgan fingerprint density at radius 1 is 1.50 bits per heavy atom. The van der Waals surface area contributed by atoms with Crippen molar-refractivity contribution in [2.24, 2.45) is 0 Å². The Balaban J connectivity index is 2.40. The maximum atomic E-state index is 5.54. The number of hydrogen-bond acceptors (Lipinski definition) is 3. The minimum atomic E-state index is 0.0671. The van der Waals surface area contributed by atoms with E-state index in [-0.39, 0.29) is 6.04 Å². The van der Waals surface area contributed by atoms with E-state index in [1.54, 1.807) is 6.26 Å². The van der Waals surface area contributed by atoms with Crippen LogP contribution in [0.2, 0.25) is 0 Å². The maximum absolute atomic E-state index is 5.54. The number of nitrogens with one attached hydrogen (secondary N) is 1. The van der Waals surface area contributed by atoms with Crippen molar-refractivity contribution in [2.45, 2.75) is 26.4 Å². The first-order chi connectivity index (χ1) is 7.77. The Labute approximate surface area is 95.3 Å². The molecule has 2 aromatic heterocycles. The molecule has 0 bridgehead atoms. The van der Waals surface area contributed by atoms with Gasteiger partial charge in [-0.05, 0) is 38.6 Å². The molecule has 0 saturated carbocycles. The second-order valence-corrected chi connectivity index (χ2v) is 3.76. The summed E-state index contributed by atoms with van der Waals surface area (Å²) in [6.45, 7) is 4.99. The fraction of sp³-hybridized carbons (Fsp3) is 0.417. The molecule has 0 aliphatic rings. The van der Waals surface area contributed by atoms with E-state index in [1.807, 2.05) is 30.1 Å². The van der Waals surface area contributed by atoms with Crippen LogP contribution in [0.4, 0.5) is 0 Å². The van der Waals surface area contributed by atoms with E-state index in [9.17, 15) is 0 Å². The van der Waals surface area contributed by atoms with Crippen LogP contribution in [0.1, 0.15) is 30.0 Å². The van der Waals surface area contributed by atoms with Crippen LogP contribution in [0.15, 0.2) is 29.0 Å². The zero-order valence-electron chi connectivity index (χ0n) is 9.90. The minimum Gasteiger partial charge on any atom is -0.467 e. The Bertz CT molecular complexity index is 458. The SMILES string of the molecule is CCn1nccc1C(NC)c1occc1C. The van der Waals surface area contributed by atoms with Crippen molar-refractivity contribution in [3.8, 4) is 0 Å². The van der Waals surface area contributed by atoms with Crippen molar-refractivity contribution in [3.05, 3.63) is 41.6 Å². The minimum absolute atomic E-state index is 0.0671. The summed E-state index contributed by atoms with van der Waals surface area (Å²) in [4.78, 5) is 0. The molecule has 0 aliphatic heterocycles. The third-order valence-electron chi connectivity index (χ3n) is 2.80. The molecule has 0 amide bonds. The summed E-state index contributed by atoms with van der Waals surface area (Å²) in [5, 5.41) is 7.55. The molecule has 16 heavy (non-hydrogen) atoms. The van der Waals surface area contributed by atoms with Crippen molar-refractivity contribution in [3.63, 3.8) is 0 Å². The Kier molecular flexibility index (Phi) is 3.10. The van der Waals surface area contributed by atoms with E-state index in [1.165, 1.54) is 0 Å². The van der Waals surface area contributed by atoms with E-state index >= 15 is 0 Å². The van der Waals surface area contributed by atoms with Crippen molar-refractivity contribution in [1.29, 1.82) is 0 Å². The van der Waals surface area contributed by atoms with Gasteiger partial charge in [0.05, 0.1) is 12.0 Å². The molecule has 0 aliphatic carbocycles. The number of rotatable bonds is 4. The molecule has 2 rings (SSSR count). The monoisotopic (exact) mass is 219 g/mol. The van der Waals surface area contributed by atoms with Crippen molar-refractivity contribution in [2.75, 3.05) is 7.05 Å². The molecule has 1 unspecified atom stereocenters. The molecule has 2 aromatic rings. The molecule has 0 saturated heterocycles. The largest absolute Gasteiger partial charge is 0.467 e. The van der Waals surface area contributed by atoms with Crippen LogP contribution < -0.4 is 5.32 Å². The highest BCUT2D eigenvalue weighted by Gasteiger charge is 2.20. The van der Waals surface area contributed by atoms with Gasteiger partial charge in [-0.1, -0.05) is 0 Å². The van der Waals surface area contributed by atoms with Gasteiger partial charge in [-0.25, -0.2) is 0 Å². The number of aryl methyl sites for hydroxylation is 2. The van der Waals surface area contributed by atoms with Crippen LogP contribution in [0, 0.1) is 6.92 Å². The zero-order chi connectivity index (χ0) is 11.5. The van der Waals surface area contributed by atoms with Gasteiger partial charge in [0, 0.05) is 12.7 Å². The van der Waals surface area contributed by atoms with Crippen molar-refractivity contribution in [1.82, 2.24) is 15.1 Å². The topological polar surface area (TPSA) is 43.0 Å². The average Bonchev–Trinajstić information content (AvgIpc) is 2.90. The Morgan fingerprint density at radius 3 is 2.88 bits per heavy atom. The molecule has 4 nitrogen and oxygen atoms in total. The zero-order valence-corrected chi connectivity index (χ0v) is 9.90. The summed E-state index contributed by atoms with van der Waals surface area (Å²) in [5.41, 5.74) is 2.28. The highest BCUT2D eigenvalue weighted by molar-refractivity contribution is 5.26. The standard InChI is InChI=1S/C12H17N3O/c1-4-15-10(5-7-14-15)11(13-3)12-9(2)6-8-16-12/h5-8,11,13H,4H2,1-3H3. The first-order valence-electron chi connectivity index (χ1n) is 5.51. The van der Waals surface area contributed by atoms with Crippen LogP contribution >= 0.6 is 0 Å². The summed E-state index contributed by atoms with van der Waals surface area (Å²) in [6.07, 6.45) is 3.54. The number of aromatic nitrogens is 2. The molecule has 2 heterocycles. The van der Waals surface area contributed by atoms with Crippen LogP contribution in [-0.4, -0.2) is 16.8 Å². The van der Waals surface area contributed by atoms with Crippen LogP contribution in [0.25, 0.3) is 0 Å². The molecule has 1 atom stereocenters. The van der Waals surface area contributed by atoms with Gasteiger partial charge in [0.15, 0.2) is 0 Å². The van der Waals surface area contributed by atoms with E-state index in [0.717, 1.165) is 23.6 Å². The molecular formula is C12H17N3O. The van der Waals surface area contributed by atoms with Gasteiger partial charge in [-0.3, -0.25) is 4.68 Å². The molecule has 4 heteroatoms. The second-order valence-electron chi connectivity index (χ2n) is 3.76. The lowest BCUT2D eigenvalue weighted by molar-refractivity contribution is 0.441. The van der Waals surface area contributed by atoms with Gasteiger partial charge in [-0.15, -0.1) is 0 Å². The van der Waals surface area contributed by atoms with Gasteiger partial charge < -0.3 is 9.73 Å². The van der Waals surface area contributed by atoms with Crippen LogP contribution in [0.5, 0.6) is 0 Å². The van der Waals surface area contributed by atoms with E-state index in [0.29, 0.717) is 0 Å². The summed E-state index contributed by atoms with van der Waals surface area (Å²) in [6, 6.07) is 4.07. The van der Waals surface area contributed by atoms with E-state index in [4.69, 9.17) is 4.42 Å². The van der Waals surface area contributed by atoms with Gasteiger partial charge in [0.2, 0.25) is 0 Å². The first-order valence-corrected chi connectivity index (χ1v) is 5.51. The Morgan fingerprint density at radius 2 is 2.31 bits per heavy atom. The molecule has 0 aromatic carbocycles. The highest BCUT2D eigenvalue weighted by Crippen LogP contribution is 2.24. The Hall–Kier alpha value is -1.55. The summed E-state index contributed by atoms with van der Waals surface area (Å²) in [7, 11) is 1.93.